The maximum atomic E-state index is 12.8. The van der Waals surface area contributed by atoms with E-state index in [9.17, 15) is 14.4 Å². The summed E-state index contributed by atoms with van der Waals surface area (Å²) in [6, 6.07) is 10.4. The summed E-state index contributed by atoms with van der Waals surface area (Å²) in [7, 11) is 1.46. The van der Waals surface area contributed by atoms with Crippen LogP contribution in [0.15, 0.2) is 45.8 Å². The predicted molar refractivity (Wildman–Crippen MR) is 126 cm³/mol. The van der Waals surface area contributed by atoms with Gasteiger partial charge in [0.15, 0.2) is 18.1 Å². The molecule has 1 saturated heterocycles. The Labute approximate surface area is 202 Å². The number of methoxy groups -OCH3 is 1. The van der Waals surface area contributed by atoms with E-state index in [-0.39, 0.29) is 29.9 Å². The molecule has 32 heavy (non-hydrogen) atoms. The first-order valence-electron chi connectivity index (χ1n) is 9.48. The van der Waals surface area contributed by atoms with Crippen molar-refractivity contribution in [2.24, 2.45) is 0 Å². The highest BCUT2D eigenvalue weighted by molar-refractivity contribution is 9.10. The van der Waals surface area contributed by atoms with Crippen LogP contribution >= 0.6 is 39.3 Å². The van der Waals surface area contributed by atoms with E-state index >= 15 is 0 Å². The van der Waals surface area contributed by atoms with Crippen LogP contribution in [0.25, 0.3) is 6.08 Å². The van der Waals surface area contributed by atoms with Crippen LogP contribution in [0.4, 0.5) is 4.79 Å². The molecular formula is C22H19BrClNO6S. The molecule has 0 radical (unpaired) electrons. The van der Waals surface area contributed by atoms with Crippen LogP contribution < -0.4 is 9.47 Å². The quantitative estimate of drug-likeness (QED) is 0.332. The van der Waals surface area contributed by atoms with Gasteiger partial charge in [0.05, 0.1) is 29.6 Å². The number of thioether (sulfide) groups is 1. The lowest BCUT2D eigenvalue weighted by Crippen LogP contribution is -2.27. The third-order valence-corrected chi connectivity index (χ3v) is 6.21. The Morgan fingerprint density at radius 2 is 2.00 bits per heavy atom. The third-order valence-electron chi connectivity index (χ3n) is 4.35. The number of ether oxygens (including phenoxy) is 3. The fourth-order valence-electron chi connectivity index (χ4n) is 2.88. The summed E-state index contributed by atoms with van der Waals surface area (Å²) in [5.74, 6) is -0.231. The number of benzene rings is 2. The lowest BCUT2D eigenvalue weighted by molar-refractivity contribution is -0.145. The minimum absolute atomic E-state index is 0.0926. The van der Waals surface area contributed by atoms with E-state index in [4.69, 9.17) is 25.8 Å². The number of hydrogen-bond acceptors (Lipinski definition) is 7. The Kier molecular flexibility index (Phi) is 8.22. The number of amides is 2. The second kappa shape index (κ2) is 10.9. The highest BCUT2D eigenvalue weighted by Gasteiger charge is 2.35. The summed E-state index contributed by atoms with van der Waals surface area (Å²) >= 11 is 10.4. The van der Waals surface area contributed by atoms with E-state index in [1.807, 2.05) is 0 Å². The zero-order valence-corrected chi connectivity index (χ0v) is 20.4. The van der Waals surface area contributed by atoms with Crippen molar-refractivity contribution in [2.75, 3.05) is 20.3 Å². The third kappa shape index (κ3) is 5.65. The summed E-state index contributed by atoms with van der Waals surface area (Å²) in [4.78, 5) is 38.3. The van der Waals surface area contributed by atoms with Crippen LogP contribution in [0.5, 0.6) is 11.5 Å². The van der Waals surface area contributed by atoms with Crippen molar-refractivity contribution >= 4 is 62.5 Å². The van der Waals surface area contributed by atoms with Crippen LogP contribution in [0.1, 0.15) is 18.1 Å². The van der Waals surface area contributed by atoms with E-state index in [2.05, 4.69) is 15.9 Å². The van der Waals surface area contributed by atoms with Crippen LogP contribution in [0.2, 0.25) is 5.02 Å². The van der Waals surface area contributed by atoms with Crippen molar-refractivity contribution in [3.63, 3.8) is 0 Å². The molecule has 0 unspecified atom stereocenters. The molecule has 1 aliphatic heterocycles. The molecule has 0 spiro atoms. The van der Waals surface area contributed by atoms with Crippen molar-refractivity contribution in [2.45, 2.75) is 13.5 Å². The summed E-state index contributed by atoms with van der Waals surface area (Å²) in [6.45, 7) is 1.78. The van der Waals surface area contributed by atoms with Crippen molar-refractivity contribution < 1.29 is 28.6 Å². The van der Waals surface area contributed by atoms with Gasteiger partial charge in [0.25, 0.3) is 11.1 Å². The fourth-order valence-corrected chi connectivity index (χ4v) is 4.49. The number of hydrogen-bond donors (Lipinski definition) is 0. The minimum atomic E-state index is -0.502. The van der Waals surface area contributed by atoms with Gasteiger partial charge in [-0.1, -0.05) is 29.8 Å². The minimum Gasteiger partial charge on any atom is -0.493 e. The van der Waals surface area contributed by atoms with E-state index in [1.165, 1.54) is 7.11 Å². The summed E-state index contributed by atoms with van der Waals surface area (Å²) in [6.07, 6.45) is 1.60. The van der Waals surface area contributed by atoms with Crippen molar-refractivity contribution in [1.82, 2.24) is 4.90 Å². The summed E-state index contributed by atoms with van der Waals surface area (Å²) in [5.41, 5.74) is 1.30. The van der Waals surface area contributed by atoms with Crippen molar-refractivity contribution in [1.29, 1.82) is 0 Å². The molecule has 3 rings (SSSR count). The SMILES string of the molecule is CCOC(=O)COc1c(Br)cc(/C=C2\SC(=O)N(Cc3ccccc3Cl)C2=O)cc1OC. The highest BCUT2D eigenvalue weighted by atomic mass is 79.9. The molecule has 0 bridgehead atoms. The smallest absolute Gasteiger partial charge is 0.344 e. The number of esters is 1. The number of carbonyl (C=O) groups is 3. The Bertz CT molecular complexity index is 1090. The van der Waals surface area contributed by atoms with E-state index in [0.29, 0.717) is 32.1 Å². The highest BCUT2D eigenvalue weighted by Crippen LogP contribution is 2.39. The van der Waals surface area contributed by atoms with Gasteiger partial charge in [0.1, 0.15) is 0 Å². The maximum Gasteiger partial charge on any atom is 0.344 e. The Hall–Kier alpha value is -2.49. The molecule has 2 aromatic carbocycles. The Morgan fingerprint density at radius 3 is 2.69 bits per heavy atom. The molecule has 1 fully saturated rings. The first kappa shape index (κ1) is 24.2. The molecule has 0 aromatic heterocycles. The monoisotopic (exact) mass is 539 g/mol. The first-order chi connectivity index (χ1) is 15.3. The van der Waals surface area contributed by atoms with Gasteiger partial charge < -0.3 is 14.2 Å². The van der Waals surface area contributed by atoms with Crippen LogP contribution in [0, 0.1) is 0 Å². The zero-order chi connectivity index (χ0) is 23.3. The van der Waals surface area contributed by atoms with Gasteiger partial charge in [-0.15, -0.1) is 0 Å². The molecule has 1 heterocycles. The van der Waals surface area contributed by atoms with Crippen molar-refractivity contribution in [3.8, 4) is 11.5 Å². The number of imide groups is 1. The topological polar surface area (TPSA) is 82.1 Å². The van der Waals surface area contributed by atoms with Crippen LogP contribution in [0.3, 0.4) is 0 Å². The molecule has 7 nitrogen and oxygen atoms in total. The second-order valence-corrected chi connectivity index (χ2v) is 8.74. The maximum absolute atomic E-state index is 12.8. The standard InChI is InChI=1S/C22H19BrClNO6S/c1-3-30-19(26)12-31-20-15(23)8-13(9-17(20)29-2)10-18-21(27)25(22(28)32-18)11-14-6-4-5-7-16(14)24/h4-10H,3,11-12H2,1-2H3/b18-10-. The van der Waals surface area contributed by atoms with Crippen LogP contribution in [-0.4, -0.2) is 42.3 Å². The van der Waals surface area contributed by atoms with E-state index in [1.54, 1.807) is 49.4 Å². The molecule has 10 heteroatoms. The lowest BCUT2D eigenvalue weighted by atomic mass is 10.1. The van der Waals surface area contributed by atoms with Gasteiger partial charge >= 0.3 is 5.97 Å². The molecule has 0 N–H and O–H groups in total. The molecular weight excluding hydrogens is 522 g/mol. The average molecular weight is 541 g/mol. The van der Waals surface area contributed by atoms with Gasteiger partial charge in [0, 0.05) is 5.02 Å². The number of carbonyl (C=O) groups excluding carboxylic acids is 3. The van der Waals surface area contributed by atoms with Crippen LogP contribution in [-0.2, 0) is 20.9 Å². The molecule has 0 atom stereocenters. The Morgan fingerprint density at radius 1 is 1.25 bits per heavy atom. The van der Waals surface area contributed by atoms with Gasteiger partial charge in [-0.2, -0.15) is 0 Å². The second-order valence-electron chi connectivity index (χ2n) is 6.49. The number of halogens is 2. The molecule has 1 aliphatic rings. The average Bonchev–Trinajstić information content (AvgIpc) is 3.01. The van der Waals surface area contributed by atoms with E-state index < -0.39 is 11.9 Å². The van der Waals surface area contributed by atoms with Gasteiger partial charge in [-0.25, -0.2) is 4.79 Å². The normalized spacial score (nSPS) is 14.8. The molecule has 0 aliphatic carbocycles. The van der Waals surface area contributed by atoms with Gasteiger partial charge in [-0.05, 0) is 70.0 Å². The molecule has 0 saturated carbocycles. The number of nitrogens with zero attached hydrogens (tertiary/aromatic N) is 1. The lowest BCUT2D eigenvalue weighted by Gasteiger charge is -2.14. The van der Waals surface area contributed by atoms with Gasteiger partial charge in [-0.3, -0.25) is 14.5 Å². The summed E-state index contributed by atoms with van der Waals surface area (Å²) in [5, 5.41) is 0.115. The summed E-state index contributed by atoms with van der Waals surface area (Å²) < 4.78 is 16.3. The van der Waals surface area contributed by atoms with E-state index in [0.717, 1.165) is 16.7 Å². The van der Waals surface area contributed by atoms with Crippen molar-refractivity contribution in [3.05, 3.63) is 61.9 Å². The number of rotatable bonds is 8. The first-order valence-corrected chi connectivity index (χ1v) is 11.5. The predicted octanol–water partition coefficient (Wildman–Crippen LogP) is 5.29. The fraction of sp³-hybridized carbons (Fsp3) is 0.227. The molecule has 2 aromatic rings. The zero-order valence-electron chi connectivity index (χ0n) is 17.2. The van der Waals surface area contributed by atoms with Gasteiger partial charge in [0.2, 0.25) is 0 Å². The largest absolute Gasteiger partial charge is 0.493 e. The Balaban J connectivity index is 1.81. The molecule has 2 amide bonds. The molecule has 168 valence electrons.